The van der Waals surface area contributed by atoms with E-state index in [1.165, 1.54) is 6.07 Å². The zero-order chi connectivity index (χ0) is 20.3. The van der Waals surface area contributed by atoms with Crippen molar-refractivity contribution in [3.05, 3.63) is 59.2 Å². The van der Waals surface area contributed by atoms with E-state index >= 15 is 0 Å². The van der Waals surface area contributed by atoms with Gasteiger partial charge in [-0.05, 0) is 62.8 Å². The van der Waals surface area contributed by atoms with Gasteiger partial charge in [0.15, 0.2) is 11.6 Å². The highest BCUT2D eigenvalue weighted by Crippen LogP contribution is 2.31. The maximum Gasteiger partial charge on any atom is 0.227 e. The molecule has 0 bridgehead atoms. The maximum absolute atomic E-state index is 13.3. The SMILES string of the molecule is Cc1cccc(C)c1NC(=O)C1CCC(C(=O)Nc2ccc(F)c(F)c2)CC1. The molecule has 2 N–H and O–H groups in total. The lowest BCUT2D eigenvalue weighted by Gasteiger charge is -2.27. The zero-order valence-corrected chi connectivity index (χ0v) is 16.0. The van der Waals surface area contributed by atoms with Crippen molar-refractivity contribution in [3.8, 4) is 0 Å². The van der Waals surface area contributed by atoms with Crippen LogP contribution in [0.2, 0.25) is 0 Å². The topological polar surface area (TPSA) is 58.2 Å². The molecule has 1 saturated carbocycles. The number of anilines is 2. The van der Waals surface area contributed by atoms with Gasteiger partial charge in [0.1, 0.15) is 0 Å². The molecule has 0 aliphatic heterocycles. The summed E-state index contributed by atoms with van der Waals surface area (Å²) in [5, 5.41) is 5.66. The summed E-state index contributed by atoms with van der Waals surface area (Å²) in [5.41, 5.74) is 3.13. The number of hydrogen-bond donors (Lipinski definition) is 2. The largest absolute Gasteiger partial charge is 0.326 e. The van der Waals surface area contributed by atoms with Crippen LogP contribution in [0.1, 0.15) is 36.8 Å². The van der Waals surface area contributed by atoms with Crippen LogP contribution in [0.3, 0.4) is 0 Å². The Morgan fingerprint density at radius 2 is 1.36 bits per heavy atom. The van der Waals surface area contributed by atoms with E-state index < -0.39 is 11.6 Å². The summed E-state index contributed by atoms with van der Waals surface area (Å²) in [7, 11) is 0. The second kappa shape index (κ2) is 8.50. The summed E-state index contributed by atoms with van der Waals surface area (Å²) in [5.74, 6) is -2.56. The van der Waals surface area contributed by atoms with Crippen LogP contribution in [0.15, 0.2) is 36.4 Å². The molecule has 1 aliphatic rings. The first-order chi connectivity index (χ1) is 13.3. The number of halogens is 2. The van der Waals surface area contributed by atoms with Gasteiger partial charge in [-0.15, -0.1) is 0 Å². The summed E-state index contributed by atoms with van der Waals surface area (Å²) in [6.45, 7) is 3.92. The number of benzene rings is 2. The Morgan fingerprint density at radius 3 is 1.89 bits per heavy atom. The third kappa shape index (κ3) is 4.55. The van der Waals surface area contributed by atoms with Crippen molar-refractivity contribution in [1.29, 1.82) is 0 Å². The second-order valence-corrected chi connectivity index (χ2v) is 7.42. The van der Waals surface area contributed by atoms with Crippen LogP contribution < -0.4 is 10.6 Å². The fourth-order valence-electron chi connectivity index (χ4n) is 3.67. The van der Waals surface area contributed by atoms with Gasteiger partial charge in [0.05, 0.1) is 0 Å². The lowest BCUT2D eigenvalue weighted by atomic mass is 9.81. The molecule has 4 nitrogen and oxygen atoms in total. The van der Waals surface area contributed by atoms with Crippen LogP contribution in [0.5, 0.6) is 0 Å². The van der Waals surface area contributed by atoms with Crippen molar-refractivity contribution in [2.75, 3.05) is 10.6 Å². The summed E-state index contributed by atoms with van der Waals surface area (Å²) in [6, 6.07) is 9.16. The van der Waals surface area contributed by atoms with Gasteiger partial charge in [0.25, 0.3) is 0 Å². The smallest absolute Gasteiger partial charge is 0.227 e. The minimum atomic E-state index is -0.996. The molecule has 28 heavy (non-hydrogen) atoms. The van der Waals surface area contributed by atoms with Crippen molar-refractivity contribution in [1.82, 2.24) is 0 Å². The number of rotatable bonds is 4. The van der Waals surface area contributed by atoms with E-state index in [9.17, 15) is 18.4 Å². The Labute approximate surface area is 163 Å². The molecule has 2 aromatic rings. The van der Waals surface area contributed by atoms with Crippen molar-refractivity contribution < 1.29 is 18.4 Å². The molecule has 0 saturated heterocycles. The average molecular weight is 386 g/mol. The van der Waals surface area contributed by atoms with E-state index in [2.05, 4.69) is 10.6 Å². The zero-order valence-electron chi connectivity index (χ0n) is 16.0. The molecular weight excluding hydrogens is 362 g/mol. The predicted molar refractivity (Wildman–Crippen MR) is 105 cm³/mol. The quantitative estimate of drug-likeness (QED) is 0.780. The normalized spacial score (nSPS) is 19.1. The van der Waals surface area contributed by atoms with E-state index in [4.69, 9.17) is 0 Å². The number of carbonyl (C=O) groups is 2. The first-order valence-corrected chi connectivity index (χ1v) is 9.48. The molecule has 148 valence electrons. The van der Waals surface area contributed by atoms with Crippen molar-refractivity contribution >= 4 is 23.2 Å². The molecule has 0 unspecified atom stereocenters. The van der Waals surface area contributed by atoms with Crippen molar-refractivity contribution in [3.63, 3.8) is 0 Å². The van der Waals surface area contributed by atoms with E-state index in [0.29, 0.717) is 25.7 Å². The molecule has 2 aromatic carbocycles. The van der Waals surface area contributed by atoms with Gasteiger partial charge in [-0.2, -0.15) is 0 Å². The number of hydrogen-bond acceptors (Lipinski definition) is 2. The number of nitrogens with one attached hydrogen (secondary N) is 2. The van der Waals surface area contributed by atoms with E-state index in [0.717, 1.165) is 28.9 Å². The fourth-order valence-corrected chi connectivity index (χ4v) is 3.67. The van der Waals surface area contributed by atoms with E-state index in [1.54, 1.807) is 0 Å². The first kappa shape index (κ1) is 20.0. The summed E-state index contributed by atoms with van der Waals surface area (Å²) >= 11 is 0. The average Bonchev–Trinajstić information content (AvgIpc) is 2.67. The number of amides is 2. The van der Waals surface area contributed by atoms with Crippen LogP contribution >= 0.6 is 0 Å². The Balaban J connectivity index is 1.54. The first-order valence-electron chi connectivity index (χ1n) is 9.48. The van der Waals surface area contributed by atoms with Crippen LogP contribution in [-0.4, -0.2) is 11.8 Å². The molecule has 0 aromatic heterocycles. The summed E-state index contributed by atoms with van der Waals surface area (Å²) < 4.78 is 26.3. The standard InChI is InChI=1S/C22H24F2N2O2/c1-13-4-3-5-14(2)20(13)26-22(28)16-8-6-15(7-9-16)21(27)25-17-10-11-18(23)19(24)12-17/h3-5,10-12,15-16H,6-9H2,1-2H3,(H,25,27)(H,26,28). The Bertz CT molecular complexity index is 870. The van der Waals surface area contributed by atoms with Crippen LogP contribution in [-0.2, 0) is 9.59 Å². The summed E-state index contributed by atoms with van der Waals surface area (Å²) in [4.78, 5) is 25.0. The van der Waals surface area contributed by atoms with Gasteiger partial charge in [-0.3, -0.25) is 9.59 Å². The minimum Gasteiger partial charge on any atom is -0.326 e. The van der Waals surface area contributed by atoms with Gasteiger partial charge in [-0.1, -0.05) is 18.2 Å². The number of carbonyl (C=O) groups excluding carboxylic acids is 2. The van der Waals surface area contributed by atoms with Gasteiger partial charge in [0.2, 0.25) is 11.8 Å². The van der Waals surface area contributed by atoms with Gasteiger partial charge in [-0.25, -0.2) is 8.78 Å². The van der Waals surface area contributed by atoms with Gasteiger partial charge < -0.3 is 10.6 Å². The highest BCUT2D eigenvalue weighted by Gasteiger charge is 2.30. The lowest BCUT2D eigenvalue weighted by molar-refractivity contribution is -0.125. The van der Waals surface area contributed by atoms with Crippen LogP contribution in [0, 0.1) is 37.3 Å². The Kier molecular flexibility index (Phi) is 6.07. The predicted octanol–water partition coefficient (Wildman–Crippen LogP) is 4.97. The molecule has 2 amide bonds. The lowest BCUT2D eigenvalue weighted by Crippen LogP contribution is -2.32. The van der Waals surface area contributed by atoms with Crippen LogP contribution in [0.25, 0.3) is 0 Å². The van der Waals surface area contributed by atoms with Crippen LogP contribution in [0.4, 0.5) is 20.2 Å². The highest BCUT2D eigenvalue weighted by atomic mass is 19.2. The molecular formula is C22H24F2N2O2. The molecule has 1 aliphatic carbocycles. The molecule has 0 heterocycles. The van der Waals surface area contributed by atoms with Crippen molar-refractivity contribution in [2.24, 2.45) is 11.8 Å². The third-order valence-electron chi connectivity index (χ3n) is 5.39. The van der Waals surface area contributed by atoms with Gasteiger partial charge >= 0.3 is 0 Å². The van der Waals surface area contributed by atoms with E-state index in [1.807, 2.05) is 32.0 Å². The van der Waals surface area contributed by atoms with Gasteiger partial charge in [0, 0.05) is 29.3 Å². The molecule has 1 fully saturated rings. The third-order valence-corrected chi connectivity index (χ3v) is 5.39. The number of para-hydroxylation sites is 1. The Morgan fingerprint density at radius 1 is 0.821 bits per heavy atom. The molecule has 0 spiro atoms. The number of aryl methyl sites for hydroxylation is 2. The maximum atomic E-state index is 13.3. The fraction of sp³-hybridized carbons (Fsp3) is 0.364. The molecule has 0 radical (unpaired) electrons. The molecule has 6 heteroatoms. The minimum absolute atomic E-state index is 0.0168. The van der Waals surface area contributed by atoms with E-state index in [-0.39, 0.29) is 29.3 Å². The summed E-state index contributed by atoms with van der Waals surface area (Å²) in [6.07, 6.45) is 2.40. The Hall–Kier alpha value is -2.76. The highest BCUT2D eigenvalue weighted by molar-refractivity contribution is 5.95. The monoisotopic (exact) mass is 386 g/mol. The molecule has 0 atom stereocenters. The van der Waals surface area contributed by atoms with Crippen molar-refractivity contribution in [2.45, 2.75) is 39.5 Å². The molecule has 3 rings (SSSR count). The second-order valence-electron chi connectivity index (χ2n) is 7.42.